The third kappa shape index (κ3) is 8.94. The Bertz CT molecular complexity index is 81.8. The van der Waals surface area contributed by atoms with E-state index in [1.165, 1.54) is 19.3 Å². The first-order chi connectivity index (χ1) is 6.35. The summed E-state index contributed by atoms with van der Waals surface area (Å²) in [5.41, 5.74) is 0. The molecule has 0 aromatic carbocycles. The fourth-order valence-corrected chi connectivity index (χ4v) is 6.86. The van der Waals surface area contributed by atoms with Gasteiger partial charge in [0.05, 0.1) is 0 Å². The van der Waals surface area contributed by atoms with E-state index in [2.05, 4.69) is 31.9 Å². The van der Waals surface area contributed by atoms with Crippen molar-refractivity contribution in [2.75, 3.05) is 19.6 Å². The normalized spacial score (nSPS) is 11.1. The topological polar surface area (TPSA) is 36.1 Å². The molecule has 0 bridgehead atoms. The van der Waals surface area contributed by atoms with Crippen molar-refractivity contribution in [2.24, 2.45) is 0 Å². The average Bonchev–Trinajstić information content (AvgIpc) is 2.17. The summed E-state index contributed by atoms with van der Waals surface area (Å²) >= 11 is -1.66. The van der Waals surface area contributed by atoms with Gasteiger partial charge >= 0.3 is 90.1 Å². The van der Waals surface area contributed by atoms with Crippen LogP contribution in [0.3, 0.4) is 0 Å². The summed E-state index contributed by atoms with van der Waals surface area (Å²) < 4.78 is 10.9. The summed E-state index contributed by atoms with van der Waals surface area (Å²) in [5, 5.41) is 0. The Kier molecular flexibility index (Phi) is 11.2. The van der Waals surface area contributed by atoms with Crippen molar-refractivity contribution in [1.29, 1.82) is 0 Å². The fourth-order valence-electron chi connectivity index (χ4n) is 0.839. The molecule has 3 nitrogen and oxygen atoms in total. The van der Waals surface area contributed by atoms with E-state index in [9.17, 15) is 0 Å². The van der Waals surface area contributed by atoms with Gasteiger partial charge in [-0.15, -0.1) is 0 Å². The van der Waals surface area contributed by atoms with Crippen molar-refractivity contribution < 1.29 is 19.2 Å². The van der Waals surface area contributed by atoms with Gasteiger partial charge in [0.1, 0.15) is 0 Å². The summed E-state index contributed by atoms with van der Waals surface area (Å²) in [6, 6.07) is 0. The Balaban J connectivity index is 3.47. The van der Waals surface area contributed by atoms with E-state index in [1.54, 1.807) is 0 Å². The zero-order valence-corrected chi connectivity index (χ0v) is 12.4. The Morgan fingerprint density at radius 3 is 1.23 bits per heavy atom. The van der Waals surface area contributed by atoms with Gasteiger partial charge in [-0.25, -0.2) is 0 Å². The fraction of sp³-hybridized carbons (Fsp3) is 1.00. The molecule has 0 amide bonds. The van der Waals surface area contributed by atoms with Crippen LogP contribution < -0.4 is 11.2 Å². The summed E-state index contributed by atoms with van der Waals surface area (Å²) in [6.07, 6.45) is 3.69. The van der Waals surface area contributed by atoms with Gasteiger partial charge in [0.25, 0.3) is 0 Å². The Morgan fingerprint density at radius 2 is 1.00 bits per heavy atom. The van der Waals surface area contributed by atoms with Gasteiger partial charge in [-0.2, -0.15) is 0 Å². The maximum absolute atomic E-state index is 3.62. The van der Waals surface area contributed by atoms with Crippen molar-refractivity contribution in [2.45, 2.75) is 40.0 Å². The van der Waals surface area contributed by atoms with Crippen LogP contribution in [0.5, 0.6) is 0 Å². The molecule has 0 aromatic heterocycles. The molecule has 0 rings (SSSR count). The number of nitrogens with one attached hydrogen (secondary N) is 3. The molecule has 0 aliphatic rings. The van der Waals surface area contributed by atoms with E-state index >= 15 is 0 Å². The summed E-state index contributed by atoms with van der Waals surface area (Å²) in [5.74, 6) is 0. The molecule has 0 unspecified atom stereocenters. The number of rotatable bonds is 9. The van der Waals surface area contributed by atoms with E-state index < -0.39 is 19.2 Å². The summed E-state index contributed by atoms with van der Waals surface area (Å²) in [6.45, 7) is 10.1. The van der Waals surface area contributed by atoms with Crippen LogP contribution in [0.4, 0.5) is 0 Å². The first kappa shape index (κ1) is 13.6. The van der Waals surface area contributed by atoms with E-state index in [4.69, 9.17) is 0 Å². The number of hydrogen-bond donors (Lipinski definition) is 3. The van der Waals surface area contributed by atoms with Crippen molar-refractivity contribution in [3.05, 3.63) is 0 Å². The van der Waals surface area contributed by atoms with Gasteiger partial charge in [0.2, 0.25) is 0 Å². The molecule has 13 heavy (non-hydrogen) atoms. The van der Waals surface area contributed by atoms with Crippen LogP contribution in [0.15, 0.2) is 0 Å². The predicted octanol–water partition coefficient (Wildman–Crippen LogP) is 1.35. The van der Waals surface area contributed by atoms with Gasteiger partial charge < -0.3 is 0 Å². The zero-order valence-electron chi connectivity index (χ0n) is 9.19. The predicted molar refractivity (Wildman–Crippen MR) is 54.9 cm³/mol. The Morgan fingerprint density at radius 1 is 0.692 bits per heavy atom. The standard InChI is InChI=1S/3C3H8N.Ta/c3*1-2-3-4;/h3*4H,2-3H2,1H3;/q3*-1;+3. The van der Waals surface area contributed by atoms with Gasteiger partial charge in [-0.1, -0.05) is 0 Å². The molecule has 0 atom stereocenters. The van der Waals surface area contributed by atoms with Gasteiger partial charge in [0, 0.05) is 0 Å². The van der Waals surface area contributed by atoms with Crippen LogP contribution in [0.1, 0.15) is 40.0 Å². The minimum atomic E-state index is -1.66. The first-order valence-electron chi connectivity index (χ1n) is 5.35. The second-order valence-corrected chi connectivity index (χ2v) is 8.88. The zero-order chi connectivity index (χ0) is 9.94. The Labute approximate surface area is 90.1 Å². The van der Waals surface area contributed by atoms with Crippen molar-refractivity contribution in [1.82, 2.24) is 11.2 Å². The quantitative estimate of drug-likeness (QED) is 0.584. The summed E-state index contributed by atoms with van der Waals surface area (Å²) in [7, 11) is 0. The second kappa shape index (κ2) is 10.7. The molecule has 0 saturated heterocycles. The molecule has 4 heteroatoms. The van der Waals surface area contributed by atoms with E-state index in [1.807, 2.05) is 0 Å². The number of hydrogen-bond acceptors (Lipinski definition) is 3. The molecule has 80 valence electrons. The molecule has 0 fully saturated rings. The Hall–Kier alpha value is 0.620. The van der Waals surface area contributed by atoms with Crippen molar-refractivity contribution >= 4 is 0 Å². The molecule has 0 aliphatic carbocycles. The van der Waals surface area contributed by atoms with Crippen LogP contribution in [-0.2, 0) is 19.2 Å². The van der Waals surface area contributed by atoms with Crippen LogP contribution in [0.25, 0.3) is 0 Å². The molecule has 0 heterocycles. The van der Waals surface area contributed by atoms with Crippen LogP contribution in [-0.4, -0.2) is 19.6 Å². The summed E-state index contributed by atoms with van der Waals surface area (Å²) in [4.78, 5) is 0. The third-order valence-electron chi connectivity index (χ3n) is 1.56. The van der Waals surface area contributed by atoms with E-state index in [-0.39, 0.29) is 0 Å². The van der Waals surface area contributed by atoms with Crippen LogP contribution in [0.2, 0.25) is 0 Å². The molecular weight excluding hydrogens is 331 g/mol. The van der Waals surface area contributed by atoms with E-state index in [0.29, 0.717) is 0 Å². The van der Waals surface area contributed by atoms with Gasteiger partial charge in [-0.05, 0) is 0 Å². The molecule has 0 aliphatic heterocycles. The molecular formula is C9H24N3Ta. The molecule has 0 spiro atoms. The molecule has 0 aromatic rings. The SMILES string of the molecule is CCC[NH][Ta]([NH]CCC)[NH]CCC. The monoisotopic (exact) mass is 355 g/mol. The minimum absolute atomic E-state index is 1.16. The van der Waals surface area contributed by atoms with E-state index in [0.717, 1.165) is 19.6 Å². The van der Waals surface area contributed by atoms with Crippen LogP contribution >= 0.6 is 0 Å². The van der Waals surface area contributed by atoms with Gasteiger partial charge in [0.15, 0.2) is 0 Å². The van der Waals surface area contributed by atoms with Crippen molar-refractivity contribution in [3.8, 4) is 0 Å². The third-order valence-corrected chi connectivity index (χ3v) is 7.38. The first-order valence-corrected chi connectivity index (χ1v) is 10.2. The average molecular weight is 355 g/mol. The molecule has 0 radical (unpaired) electrons. The van der Waals surface area contributed by atoms with Gasteiger partial charge in [-0.3, -0.25) is 0 Å². The molecule has 0 saturated carbocycles. The molecule has 3 N–H and O–H groups in total. The maximum atomic E-state index is 3.62. The second-order valence-electron chi connectivity index (χ2n) is 3.06. The van der Waals surface area contributed by atoms with Crippen molar-refractivity contribution in [3.63, 3.8) is 0 Å². The van der Waals surface area contributed by atoms with Crippen LogP contribution in [0, 0.1) is 0 Å².